The van der Waals surface area contributed by atoms with Crippen LogP contribution in [0.25, 0.3) is 11.0 Å². The highest BCUT2D eigenvalue weighted by Crippen LogP contribution is 2.37. The maximum absolute atomic E-state index is 13.3. The van der Waals surface area contributed by atoms with E-state index >= 15 is 0 Å². The van der Waals surface area contributed by atoms with Crippen molar-refractivity contribution in [1.82, 2.24) is 39.9 Å². The standard InChI is InChI=1S/C33H39N9O3/c1-19-15-23(16-20(2)36-19)32(45)41-13-10-21(11-14-41)29-27-18-35-33(39-30(27)42(40-29)25-5-7-26(43)8-6-25)38-28-17-22(9-12-34-28)31(44)37-24-3-4-24/h9,12,15-18,21,24-26,43H,3-8,10-11,13-14H2,1-2H3,(H,37,44)(H,34,35,38,39). The molecule has 0 spiro atoms. The van der Waals surface area contributed by atoms with Crippen molar-refractivity contribution in [3.05, 3.63) is 64.9 Å². The number of carbonyl (C=O) groups excluding carboxylic acids is 2. The van der Waals surface area contributed by atoms with E-state index in [1.165, 1.54) is 0 Å². The molecule has 3 aliphatic rings. The van der Waals surface area contributed by atoms with Gasteiger partial charge in [0.2, 0.25) is 5.95 Å². The molecule has 2 amide bonds. The van der Waals surface area contributed by atoms with Crippen LogP contribution in [0.2, 0.25) is 0 Å². The van der Waals surface area contributed by atoms with Gasteiger partial charge in [-0.2, -0.15) is 10.1 Å². The van der Waals surface area contributed by atoms with Crippen LogP contribution in [-0.4, -0.2) is 76.8 Å². The molecule has 234 valence electrons. The van der Waals surface area contributed by atoms with Crippen molar-refractivity contribution < 1.29 is 14.7 Å². The lowest BCUT2D eigenvalue weighted by molar-refractivity contribution is 0.0711. The van der Waals surface area contributed by atoms with E-state index < -0.39 is 0 Å². The van der Waals surface area contributed by atoms with Gasteiger partial charge in [0.05, 0.1) is 23.2 Å². The van der Waals surface area contributed by atoms with E-state index in [2.05, 4.69) is 25.6 Å². The molecule has 0 radical (unpaired) electrons. The smallest absolute Gasteiger partial charge is 0.253 e. The largest absolute Gasteiger partial charge is 0.393 e. The van der Waals surface area contributed by atoms with Crippen molar-refractivity contribution in [3.8, 4) is 0 Å². The van der Waals surface area contributed by atoms with Crippen molar-refractivity contribution in [2.75, 3.05) is 18.4 Å². The van der Waals surface area contributed by atoms with Crippen molar-refractivity contribution >= 4 is 34.6 Å². The minimum atomic E-state index is -0.278. The number of carbonyl (C=O) groups is 2. The van der Waals surface area contributed by atoms with Gasteiger partial charge in [0, 0.05) is 60.0 Å². The summed E-state index contributed by atoms with van der Waals surface area (Å²) >= 11 is 0. The van der Waals surface area contributed by atoms with Crippen LogP contribution in [0.5, 0.6) is 0 Å². The third-order valence-corrected chi connectivity index (χ3v) is 9.16. The van der Waals surface area contributed by atoms with Gasteiger partial charge in [-0.15, -0.1) is 0 Å². The summed E-state index contributed by atoms with van der Waals surface area (Å²) in [6, 6.07) is 7.51. The van der Waals surface area contributed by atoms with Crippen LogP contribution in [0.1, 0.15) is 101 Å². The molecule has 0 unspecified atom stereocenters. The molecule has 3 N–H and O–H groups in total. The van der Waals surface area contributed by atoms with Gasteiger partial charge in [0.1, 0.15) is 5.82 Å². The van der Waals surface area contributed by atoms with Crippen LogP contribution in [0, 0.1) is 13.8 Å². The zero-order chi connectivity index (χ0) is 31.1. The number of aryl methyl sites for hydroxylation is 2. The van der Waals surface area contributed by atoms with E-state index in [0.29, 0.717) is 36.0 Å². The summed E-state index contributed by atoms with van der Waals surface area (Å²) in [4.78, 5) is 46.1. The first kappa shape index (κ1) is 29.3. The van der Waals surface area contributed by atoms with Crippen molar-refractivity contribution in [2.45, 2.75) is 89.3 Å². The molecule has 3 fully saturated rings. The fourth-order valence-corrected chi connectivity index (χ4v) is 6.61. The summed E-state index contributed by atoms with van der Waals surface area (Å²) in [6.45, 7) is 5.11. The Morgan fingerprint density at radius 3 is 2.33 bits per heavy atom. The number of nitrogens with one attached hydrogen (secondary N) is 2. The average Bonchev–Trinajstić information content (AvgIpc) is 3.78. The third-order valence-electron chi connectivity index (χ3n) is 9.16. The lowest BCUT2D eigenvalue weighted by Gasteiger charge is -2.31. The number of amides is 2. The van der Waals surface area contributed by atoms with Crippen LogP contribution >= 0.6 is 0 Å². The van der Waals surface area contributed by atoms with E-state index in [9.17, 15) is 14.7 Å². The number of hydrogen-bond acceptors (Lipinski definition) is 9. The quantitative estimate of drug-likeness (QED) is 0.278. The highest BCUT2D eigenvalue weighted by Gasteiger charge is 2.31. The van der Waals surface area contributed by atoms with Crippen molar-refractivity contribution in [2.24, 2.45) is 0 Å². The first-order valence-corrected chi connectivity index (χ1v) is 16.0. The number of aliphatic hydroxyl groups excluding tert-OH is 1. The predicted octanol–water partition coefficient (Wildman–Crippen LogP) is 4.36. The van der Waals surface area contributed by atoms with Crippen LogP contribution < -0.4 is 10.6 Å². The first-order chi connectivity index (χ1) is 21.8. The zero-order valence-corrected chi connectivity index (χ0v) is 25.7. The molecule has 4 aromatic rings. The molecular weight excluding hydrogens is 570 g/mol. The monoisotopic (exact) mass is 609 g/mol. The van der Waals surface area contributed by atoms with Crippen LogP contribution in [0.3, 0.4) is 0 Å². The maximum atomic E-state index is 13.3. The molecule has 0 aromatic carbocycles. The van der Waals surface area contributed by atoms with Gasteiger partial charge in [-0.05, 0) is 89.5 Å². The van der Waals surface area contributed by atoms with Crippen LogP contribution in [0.15, 0.2) is 36.7 Å². The molecule has 1 aliphatic heterocycles. The Labute approximate surface area is 261 Å². The Hall–Kier alpha value is -4.45. The molecule has 1 saturated heterocycles. The van der Waals surface area contributed by atoms with Gasteiger partial charge in [0.15, 0.2) is 5.65 Å². The maximum Gasteiger partial charge on any atom is 0.253 e. The fraction of sp³-hybridized carbons (Fsp3) is 0.485. The number of piperidine rings is 1. The number of anilines is 2. The van der Waals surface area contributed by atoms with Gasteiger partial charge in [0.25, 0.3) is 11.8 Å². The molecule has 0 bridgehead atoms. The van der Waals surface area contributed by atoms with Gasteiger partial charge in [-0.25, -0.2) is 14.6 Å². The summed E-state index contributed by atoms with van der Waals surface area (Å²) in [5, 5.41) is 22.4. The minimum absolute atomic E-state index is 0.0416. The second-order valence-electron chi connectivity index (χ2n) is 12.7. The molecule has 5 heterocycles. The summed E-state index contributed by atoms with van der Waals surface area (Å²) in [6.07, 6.45) is 9.88. The predicted molar refractivity (Wildman–Crippen MR) is 168 cm³/mol. The van der Waals surface area contributed by atoms with E-state index in [-0.39, 0.29) is 35.9 Å². The normalized spacial score (nSPS) is 20.7. The molecule has 12 nitrogen and oxygen atoms in total. The first-order valence-electron chi connectivity index (χ1n) is 16.0. The molecule has 0 atom stereocenters. The van der Waals surface area contributed by atoms with E-state index in [1.54, 1.807) is 18.3 Å². The third kappa shape index (κ3) is 6.37. The Balaban J connectivity index is 1.13. The molecular formula is C33H39N9O3. The second kappa shape index (κ2) is 12.2. The van der Waals surface area contributed by atoms with Crippen LogP contribution in [-0.2, 0) is 0 Å². The summed E-state index contributed by atoms with van der Waals surface area (Å²) < 4.78 is 2.02. The Bertz CT molecular complexity index is 1710. The number of aromatic nitrogens is 6. The Kier molecular flexibility index (Phi) is 7.90. The molecule has 4 aromatic heterocycles. The SMILES string of the molecule is Cc1cc(C(=O)N2CCC(c3nn(C4CCC(O)CC4)c4nc(Nc5cc(C(=O)NC6CC6)ccn5)ncc34)CC2)cc(C)n1. The fourth-order valence-electron chi connectivity index (χ4n) is 6.61. The molecule has 12 heteroatoms. The van der Waals surface area contributed by atoms with E-state index in [4.69, 9.17) is 10.1 Å². The molecule has 7 rings (SSSR count). The number of hydrogen-bond donors (Lipinski definition) is 3. The topological polar surface area (TPSA) is 151 Å². The summed E-state index contributed by atoms with van der Waals surface area (Å²) in [5.41, 5.74) is 4.61. The van der Waals surface area contributed by atoms with Gasteiger partial charge < -0.3 is 20.6 Å². The molecule has 2 aliphatic carbocycles. The lowest BCUT2D eigenvalue weighted by Crippen LogP contribution is -2.38. The number of nitrogens with zero attached hydrogens (tertiary/aromatic N) is 7. The molecule has 45 heavy (non-hydrogen) atoms. The second-order valence-corrected chi connectivity index (χ2v) is 12.7. The zero-order valence-electron chi connectivity index (χ0n) is 25.7. The van der Waals surface area contributed by atoms with Gasteiger partial charge in [-0.3, -0.25) is 14.6 Å². The number of likely N-dealkylation sites (tertiary alicyclic amines) is 1. The van der Waals surface area contributed by atoms with Gasteiger partial charge in [-0.1, -0.05) is 0 Å². The highest BCUT2D eigenvalue weighted by molar-refractivity contribution is 5.95. The average molecular weight is 610 g/mol. The van der Waals surface area contributed by atoms with E-state index in [0.717, 1.165) is 79.5 Å². The number of pyridine rings is 2. The summed E-state index contributed by atoms with van der Waals surface area (Å²) in [7, 11) is 0. The Morgan fingerprint density at radius 1 is 0.889 bits per heavy atom. The number of aliphatic hydroxyl groups is 1. The highest BCUT2D eigenvalue weighted by atomic mass is 16.3. The van der Waals surface area contributed by atoms with Crippen molar-refractivity contribution in [1.29, 1.82) is 0 Å². The van der Waals surface area contributed by atoms with Gasteiger partial charge >= 0.3 is 0 Å². The minimum Gasteiger partial charge on any atom is -0.393 e. The van der Waals surface area contributed by atoms with Crippen LogP contribution in [0.4, 0.5) is 11.8 Å². The van der Waals surface area contributed by atoms with E-state index in [1.807, 2.05) is 41.8 Å². The molecule has 2 saturated carbocycles. The Morgan fingerprint density at radius 2 is 1.62 bits per heavy atom. The number of rotatable bonds is 7. The van der Waals surface area contributed by atoms with Crippen molar-refractivity contribution in [3.63, 3.8) is 0 Å². The number of fused-ring (bicyclic) bond motifs is 1. The summed E-state index contributed by atoms with van der Waals surface area (Å²) in [5.74, 6) is 0.960. The lowest BCUT2D eigenvalue weighted by atomic mass is 9.92.